The second kappa shape index (κ2) is 5.61. The third-order valence-corrected chi connectivity index (χ3v) is 3.30. The van der Waals surface area contributed by atoms with E-state index < -0.39 is 0 Å². The van der Waals surface area contributed by atoms with E-state index >= 15 is 0 Å². The number of fused-ring (bicyclic) bond motifs is 1. The zero-order valence-electron chi connectivity index (χ0n) is 10.1. The van der Waals surface area contributed by atoms with Gasteiger partial charge in [0.05, 0.1) is 5.02 Å². The molecule has 1 heterocycles. The summed E-state index contributed by atoms with van der Waals surface area (Å²) in [6, 6.07) is 1.99. The molecule has 0 radical (unpaired) electrons. The molecule has 0 amide bonds. The van der Waals surface area contributed by atoms with Gasteiger partial charge in [-0.25, -0.2) is 0 Å². The van der Waals surface area contributed by atoms with Gasteiger partial charge in [0.1, 0.15) is 13.2 Å². The molecule has 0 saturated carbocycles. The molecule has 0 atom stereocenters. The number of ether oxygens (including phenoxy) is 2. The van der Waals surface area contributed by atoms with Gasteiger partial charge >= 0.3 is 0 Å². The van der Waals surface area contributed by atoms with Crippen LogP contribution in [0.2, 0.25) is 5.02 Å². The van der Waals surface area contributed by atoms with E-state index in [9.17, 15) is 0 Å². The number of aryl methyl sites for hydroxylation is 1. The fourth-order valence-corrected chi connectivity index (χ4v) is 2.34. The summed E-state index contributed by atoms with van der Waals surface area (Å²) in [6.07, 6.45) is 3.10. The molecule has 94 valence electrons. The molecule has 2 N–H and O–H groups in total. The number of halogens is 1. The minimum atomic E-state index is 0.568. The minimum absolute atomic E-state index is 0.568. The van der Waals surface area contributed by atoms with E-state index in [-0.39, 0.29) is 0 Å². The molecular weight excluding hydrogens is 238 g/mol. The van der Waals surface area contributed by atoms with Crippen molar-refractivity contribution in [2.45, 2.75) is 26.2 Å². The molecule has 0 aromatic heterocycles. The van der Waals surface area contributed by atoms with E-state index in [1.54, 1.807) is 0 Å². The summed E-state index contributed by atoms with van der Waals surface area (Å²) < 4.78 is 11.2. The lowest BCUT2D eigenvalue weighted by Gasteiger charge is -2.23. The zero-order valence-corrected chi connectivity index (χ0v) is 10.8. The first-order valence-electron chi connectivity index (χ1n) is 6.01. The van der Waals surface area contributed by atoms with E-state index in [2.05, 4.69) is 6.92 Å². The third kappa shape index (κ3) is 2.67. The van der Waals surface area contributed by atoms with Crippen LogP contribution in [-0.2, 0) is 6.42 Å². The second-order valence-corrected chi connectivity index (χ2v) is 4.65. The number of nitrogens with two attached hydrogens (primary N) is 1. The highest BCUT2D eigenvalue weighted by molar-refractivity contribution is 6.32. The number of benzene rings is 1. The number of hydrogen-bond donors (Lipinski definition) is 1. The Kier molecular flexibility index (Phi) is 4.13. The fraction of sp³-hybridized carbons (Fsp3) is 0.538. The summed E-state index contributed by atoms with van der Waals surface area (Å²) >= 11 is 6.20. The van der Waals surface area contributed by atoms with Crippen LogP contribution in [0.4, 0.5) is 0 Å². The Balaban J connectivity index is 2.25. The van der Waals surface area contributed by atoms with Crippen molar-refractivity contribution in [1.82, 2.24) is 0 Å². The van der Waals surface area contributed by atoms with Gasteiger partial charge in [-0.3, -0.25) is 0 Å². The van der Waals surface area contributed by atoms with Gasteiger partial charge in [-0.15, -0.1) is 0 Å². The largest absolute Gasteiger partial charge is 0.486 e. The van der Waals surface area contributed by atoms with Gasteiger partial charge in [-0.2, -0.15) is 0 Å². The number of unbranched alkanes of at least 4 members (excludes halogenated alkanes) is 1. The standard InChI is InChI=1S/C13H18ClNO2/c1-9-10(4-2-3-5-15)8-11(14)13-12(9)16-6-7-17-13/h8H,2-7,15H2,1H3. The fourth-order valence-electron chi connectivity index (χ4n) is 2.07. The Morgan fingerprint density at radius 3 is 2.65 bits per heavy atom. The molecule has 0 bridgehead atoms. The number of hydrogen-bond acceptors (Lipinski definition) is 3. The molecular formula is C13H18ClNO2. The molecule has 2 rings (SSSR count). The van der Waals surface area contributed by atoms with Gasteiger partial charge in [-0.05, 0) is 49.9 Å². The highest BCUT2D eigenvalue weighted by Crippen LogP contribution is 2.41. The van der Waals surface area contributed by atoms with Gasteiger partial charge < -0.3 is 15.2 Å². The Morgan fingerprint density at radius 2 is 1.94 bits per heavy atom. The highest BCUT2D eigenvalue weighted by Gasteiger charge is 2.20. The molecule has 1 aromatic carbocycles. The van der Waals surface area contributed by atoms with Crippen LogP contribution in [0.1, 0.15) is 24.0 Å². The molecule has 0 unspecified atom stereocenters. The van der Waals surface area contributed by atoms with Crippen molar-refractivity contribution in [1.29, 1.82) is 0 Å². The maximum atomic E-state index is 6.20. The Hall–Kier alpha value is -0.930. The molecule has 0 spiro atoms. The molecule has 4 heteroatoms. The Bertz CT molecular complexity index is 407. The van der Waals surface area contributed by atoms with Crippen molar-refractivity contribution in [3.8, 4) is 11.5 Å². The van der Waals surface area contributed by atoms with E-state index in [1.165, 1.54) is 5.56 Å². The van der Waals surface area contributed by atoms with Crippen molar-refractivity contribution in [2.24, 2.45) is 5.73 Å². The van der Waals surface area contributed by atoms with Crippen LogP contribution in [0.5, 0.6) is 11.5 Å². The van der Waals surface area contributed by atoms with Crippen molar-refractivity contribution >= 4 is 11.6 Å². The molecule has 3 nitrogen and oxygen atoms in total. The summed E-state index contributed by atoms with van der Waals surface area (Å²) in [4.78, 5) is 0. The summed E-state index contributed by atoms with van der Waals surface area (Å²) in [6.45, 7) is 3.95. The minimum Gasteiger partial charge on any atom is -0.486 e. The van der Waals surface area contributed by atoms with Crippen LogP contribution < -0.4 is 15.2 Å². The molecule has 0 fully saturated rings. The Labute approximate surface area is 107 Å². The van der Waals surface area contributed by atoms with Crippen LogP contribution in [0.3, 0.4) is 0 Å². The molecule has 17 heavy (non-hydrogen) atoms. The normalized spacial score (nSPS) is 13.8. The van der Waals surface area contributed by atoms with Crippen LogP contribution in [0.25, 0.3) is 0 Å². The van der Waals surface area contributed by atoms with Crippen molar-refractivity contribution < 1.29 is 9.47 Å². The van der Waals surface area contributed by atoms with E-state index in [4.69, 9.17) is 26.8 Å². The summed E-state index contributed by atoms with van der Waals surface area (Å²) in [5, 5.41) is 0.646. The SMILES string of the molecule is Cc1c(CCCCN)cc(Cl)c2c1OCCO2. The van der Waals surface area contributed by atoms with Crippen LogP contribution >= 0.6 is 11.6 Å². The molecule has 1 aromatic rings. The molecule has 0 saturated heterocycles. The third-order valence-electron chi connectivity index (χ3n) is 3.02. The van der Waals surface area contributed by atoms with Crippen molar-refractivity contribution in [2.75, 3.05) is 19.8 Å². The lowest BCUT2D eigenvalue weighted by Crippen LogP contribution is -2.17. The van der Waals surface area contributed by atoms with Crippen molar-refractivity contribution in [3.63, 3.8) is 0 Å². The molecule has 1 aliphatic heterocycles. The maximum absolute atomic E-state index is 6.20. The topological polar surface area (TPSA) is 44.5 Å². The maximum Gasteiger partial charge on any atom is 0.180 e. The first-order chi connectivity index (χ1) is 8.24. The zero-order chi connectivity index (χ0) is 12.3. The van der Waals surface area contributed by atoms with Crippen LogP contribution in [0.15, 0.2) is 6.07 Å². The first-order valence-corrected chi connectivity index (χ1v) is 6.39. The Morgan fingerprint density at radius 1 is 1.24 bits per heavy atom. The van der Waals surface area contributed by atoms with Crippen LogP contribution in [-0.4, -0.2) is 19.8 Å². The van der Waals surface area contributed by atoms with Gasteiger partial charge in [-0.1, -0.05) is 11.6 Å². The van der Waals surface area contributed by atoms with Gasteiger partial charge in [0.15, 0.2) is 11.5 Å². The van der Waals surface area contributed by atoms with Gasteiger partial charge in [0.25, 0.3) is 0 Å². The summed E-state index contributed by atoms with van der Waals surface area (Å²) in [5.41, 5.74) is 7.87. The first kappa shape index (κ1) is 12.5. The lowest BCUT2D eigenvalue weighted by atomic mass is 10.0. The lowest BCUT2D eigenvalue weighted by molar-refractivity contribution is 0.170. The predicted octanol–water partition coefficient (Wildman–Crippen LogP) is 2.70. The van der Waals surface area contributed by atoms with Gasteiger partial charge in [0, 0.05) is 0 Å². The van der Waals surface area contributed by atoms with E-state index in [0.29, 0.717) is 24.0 Å². The van der Waals surface area contributed by atoms with Crippen molar-refractivity contribution in [3.05, 3.63) is 22.2 Å². The van der Waals surface area contributed by atoms with E-state index in [1.807, 2.05) is 6.07 Å². The highest BCUT2D eigenvalue weighted by atomic mass is 35.5. The molecule has 1 aliphatic rings. The summed E-state index contributed by atoms with van der Waals surface area (Å²) in [5.74, 6) is 1.50. The quantitative estimate of drug-likeness (QED) is 0.842. The monoisotopic (exact) mass is 255 g/mol. The van der Waals surface area contributed by atoms with Crippen LogP contribution in [0, 0.1) is 6.92 Å². The average molecular weight is 256 g/mol. The van der Waals surface area contributed by atoms with E-state index in [0.717, 1.165) is 37.1 Å². The molecule has 0 aliphatic carbocycles. The number of rotatable bonds is 4. The average Bonchev–Trinajstić information content (AvgIpc) is 2.36. The predicted molar refractivity (Wildman–Crippen MR) is 69.2 cm³/mol. The smallest absolute Gasteiger partial charge is 0.180 e. The summed E-state index contributed by atoms with van der Waals surface area (Å²) in [7, 11) is 0. The second-order valence-electron chi connectivity index (χ2n) is 4.24. The van der Waals surface area contributed by atoms with Gasteiger partial charge in [0.2, 0.25) is 0 Å².